The minimum atomic E-state index is 0.244. The number of piperidine rings is 2. The first-order chi connectivity index (χ1) is 15.1. The summed E-state index contributed by atoms with van der Waals surface area (Å²) in [4.78, 5) is 5.21. The second-order valence-corrected chi connectivity index (χ2v) is 10.7. The molecule has 178 valence electrons. The van der Waals surface area contributed by atoms with Crippen molar-refractivity contribution >= 4 is 0 Å². The van der Waals surface area contributed by atoms with Crippen molar-refractivity contribution in [3.05, 3.63) is 0 Å². The number of ether oxygens (including phenoxy) is 1. The summed E-state index contributed by atoms with van der Waals surface area (Å²) in [5.41, 5.74) is 0. The molecule has 5 rings (SSSR count). The molecule has 8 nitrogen and oxygen atoms in total. The molecule has 4 bridgehead atoms. The van der Waals surface area contributed by atoms with Gasteiger partial charge in [-0.1, -0.05) is 0 Å². The number of nitrogens with zero attached hydrogens (tertiary/aromatic N) is 2. The summed E-state index contributed by atoms with van der Waals surface area (Å²) in [5, 5.41) is 19.6. The molecule has 5 N–H and O–H groups in total. The van der Waals surface area contributed by atoms with E-state index in [-0.39, 0.29) is 6.10 Å². The number of rotatable bonds is 2. The standard InChI is InChI=1S/C23H45N7O/c1-4-31-18-13-29(3)12-17-10-16(11-25-17)27-21-7-5-6-19(28-21)22-23-20(8-9-24-22)26-15(2)30(23)14-18/h15-28H,4-14H2,1-3H3/t15?,16-,17-,18+,19?,20?,21?,22?,23?/m0/s1. The van der Waals surface area contributed by atoms with Crippen molar-refractivity contribution in [2.75, 3.05) is 46.4 Å². The lowest BCUT2D eigenvalue weighted by molar-refractivity contribution is -0.00588. The molecular formula is C23H45N7O. The zero-order valence-corrected chi connectivity index (χ0v) is 19.8. The van der Waals surface area contributed by atoms with Gasteiger partial charge < -0.3 is 20.3 Å². The molecule has 8 heteroatoms. The Balaban J connectivity index is 1.41. The van der Waals surface area contributed by atoms with Crippen molar-refractivity contribution in [3.8, 4) is 0 Å². The highest BCUT2D eigenvalue weighted by Gasteiger charge is 2.48. The summed E-state index contributed by atoms with van der Waals surface area (Å²) in [6.07, 6.45) is 7.32. The summed E-state index contributed by atoms with van der Waals surface area (Å²) in [6, 6.07) is 3.25. The first-order valence-electron chi connectivity index (χ1n) is 12.9. The third kappa shape index (κ3) is 4.96. The maximum Gasteiger partial charge on any atom is 0.0829 e. The van der Waals surface area contributed by atoms with Crippen LogP contribution in [0.3, 0.4) is 0 Å². The second kappa shape index (κ2) is 9.89. The van der Waals surface area contributed by atoms with Gasteiger partial charge in [-0.2, -0.15) is 0 Å². The van der Waals surface area contributed by atoms with Gasteiger partial charge in [0.2, 0.25) is 0 Å². The van der Waals surface area contributed by atoms with Gasteiger partial charge in [0.25, 0.3) is 0 Å². The molecule has 6 unspecified atom stereocenters. The van der Waals surface area contributed by atoms with Gasteiger partial charge in [0.15, 0.2) is 0 Å². The van der Waals surface area contributed by atoms with Gasteiger partial charge in [-0.25, -0.2) is 0 Å². The molecule has 5 saturated heterocycles. The molecule has 9 atom stereocenters. The maximum absolute atomic E-state index is 6.30. The molecule has 0 aromatic heterocycles. The minimum absolute atomic E-state index is 0.244. The molecule has 0 amide bonds. The van der Waals surface area contributed by atoms with Crippen LogP contribution >= 0.6 is 0 Å². The van der Waals surface area contributed by atoms with E-state index in [0.29, 0.717) is 48.6 Å². The largest absolute Gasteiger partial charge is 0.376 e. The molecule has 5 aliphatic rings. The fourth-order valence-corrected chi connectivity index (χ4v) is 7.07. The molecular weight excluding hydrogens is 390 g/mol. The summed E-state index contributed by atoms with van der Waals surface area (Å²) in [5.74, 6) is 0. The van der Waals surface area contributed by atoms with Crippen LogP contribution in [0.4, 0.5) is 0 Å². The van der Waals surface area contributed by atoms with Crippen molar-refractivity contribution in [2.24, 2.45) is 0 Å². The number of hydrogen-bond donors (Lipinski definition) is 5. The van der Waals surface area contributed by atoms with E-state index < -0.39 is 0 Å². The number of hydrogen-bond acceptors (Lipinski definition) is 8. The van der Waals surface area contributed by atoms with Crippen molar-refractivity contribution in [2.45, 2.75) is 101 Å². The Morgan fingerprint density at radius 2 is 1.84 bits per heavy atom. The highest BCUT2D eigenvalue weighted by atomic mass is 16.5. The number of fused-ring (bicyclic) bond motifs is 5. The van der Waals surface area contributed by atoms with Crippen LogP contribution in [0.2, 0.25) is 0 Å². The Labute approximate surface area is 188 Å². The van der Waals surface area contributed by atoms with Crippen molar-refractivity contribution in [1.82, 2.24) is 36.4 Å². The molecule has 5 fully saturated rings. The Bertz CT molecular complexity index is 594. The van der Waals surface area contributed by atoms with Gasteiger partial charge in [-0.05, 0) is 59.5 Å². The number of nitrogens with one attached hydrogen (secondary N) is 5. The molecule has 5 aliphatic heterocycles. The lowest BCUT2D eigenvalue weighted by Crippen LogP contribution is -2.68. The molecule has 5 heterocycles. The summed E-state index contributed by atoms with van der Waals surface area (Å²) in [6.45, 7) is 10.5. The van der Waals surface area contributed by atoms with Gasteiger partial charge in [0.05, 0.1) is 18.4 Å². The average molecular weight is 436 g/mol. The van der Waals surface area contributed by atoms with E-state index in [4.69, 9.17) is 4.74 Å². The summed E-state index contributed by atoms with van der Waals surface area (Å²) < 4.78 is 6.30. The molecule has 0 radical (unpaired) electrons. The van der Waals surface area contributed by atoms with Crippen LogP contribution in [0.15, 0.2) is 0 Å². The van der Waals surface area contributed by atoms with Crippen LogP contribution in [-0.2, 0) is 4.74 Å². The van der Waals surface area contributed by atoms with Crippen LogP contribution in [-0.4, -0.2) is 111 Å². The Kier molecular flexibility index (Phi) is 7.17. The normalized spacial score (nSPS) is 47.5. The highest BCUT2D eigenvalue weighted by molar-refractivity contribution is 5.09. The van der Waals surface area contributed by atoms with Gasteiger partial charge >= 0.3 is 0 Å². The maximum atomic E-state index is 6.30. The average Bonchev–Trinajstić information content (AvgIpc) is 3.31. The molecule has 0 spiro atoms. The lowest BCUT2D eigenvalue weighted by atomic mass is 9.84. The van der Waals surface area contributed by atoms with E-state index in [1.165, 1.54) is 32.1 Å². The molecule has 31 heavy (non-hydrogen) atoms. The first-order valence-corrected chi connectivity index (χ1v) is 12.9. The van der Waals surface area contributed by atoms with E-state index in [1.54, 1.807) is 0 Å². The Hall–Kier alpha value is -0.320. The molecule has 0 aromatic rings. The minimum Gasteiger partial charge on any atom is -0.376 e. The summed E-state index contributed by atoms with van der Waals surface area (Å²) >= 11 is 0. The zero-order valence-electron chi connectivity index (χ0n) is 19.8. The summed E-state index contributed by atoms with van der Waals surface area (Å²) in [7, 11) is 2.26. The predicted octanol–water partition coefficient (Wildman–Crippen LogP) is -0.524. The zero-order chi connectivity index (χ0) is 21.4. The van der Waals surface area contributed by atoms with Crippen LogP contribution in [0.1, 0.15) is 46.0 Å². The van der Waals surface area contributed by atoms with Gasteiger partial charge in [-0.15, -0.1) is 0 Å². The molecule has 0 aromatic carbocycles. The SMILES string of the molecule is CCO[C@@H]1CN(C)C[C@@H]2C[C@@H](CN2)NC2CCCC(N2)C2NCCC3NC(C)N(C1)C32. The van der Waals surface area contributed by atoms with Crippen molar-refractivity contribution in [3.63, 3.8) is 0 Å². The van der Waals surface area contributed by atoms with Gasteiger partial charge in [-0.3, -0.25) is 20.9 Å². The van der Waals surface area contributed by atoms with E-state index in [1.807, 2.05) is 0 Å². The number of likely N-dealkylation sites (N-methyl/N-ethyl adjacent to an activating group) is 1. The van der Waals surface area contributed by atoms with Crippen LogP contribution in [0.25, 0.3) is 0 Å². The topological polar surface area (TPSA) is 75.9 Å². The second-order valence-electron chi connectivity index (χ2n) is 10.7. The lowest BCUT2D eigenvalue weighted by Gasteiger charge is -2.46. The van der Waals surface area contributed by atoms with E-state index >= 15 is 0 Å². The van der Waals surface area contributed by atoms with E-state index in [2.05, 4.69) is 57.3 Å². The third-order valence-corrected chi connectivity index (χ3v) is 8.33. The van der Waals surface area contributed by atoms with Crippen molar-refractivity contribution < 1.29 is 4.74 Å². The molecule has 0 saturated carbocycles. The highest BCUT2D eigenvalue weighted by Crippen LogP contribution is 2.30. The van der Waals surface area contributed by atoms with E-state index in [0.717, 1.165) is 39.3 Å². The fourth-order valence-electron chi connectivity index (χ4n) is 7.07. The third-order valence-electron chi connectivity index (χ3n) is 8.33. The van der Waals surface area contributed by atoms with E-state index in [9.17, 15) is 0 Å². The first kappa shape index (κ1) is 22.5. The fraction of sp³-hybridized carbons (Fsp3) is 1.00. The van der Waals surface area contributed by atoms with Gasteiger partial charge in [0, 0.05) is 69.0 Å². The Morgan fingerprint density at radius 1 is 0.935 bits per heavy atom. The quantitative estimate of drug-likeness (QED) is 0.397. The van der Waals surface area contributed by atoms with Crippen LogP contribution in [0.5, 0.6) is 0 Å². The smallest absolute Gasteiger partial charge is 0.0829 e. The predicted molar refractivity (Wildman–Crippen MR) is 124 cm³/mol. The monoisotopic (exact) mass is 435 g/mol. The van der Waals surface area contributed by atoms with Crippen LogP contribution < -0.4 is 26.6 Å². The Morgan fingerprint density at radius 3 is 2.71 bits per heavy atom. The molecule has 0 aliphatic carbocycles. The van der Waals surface area contributed by atoms with Crippen molar-refractivity contribution in [1.29, 1.82) is 0 Å². The van der Waals surface area contributed by atoms with Gasteiger partial charge in [0.1, 0.15) is 0 Å². The van der Waals surface area contributed by atoms with Crippen LogP contribution in [0, 0.1) is 0 Å².